The Morgan fingerprint density at radius 2 is 1.54 bits per heavy atom. The first kappa shape index (κ1) is 31.5. The SMILES string of the molecule is CC[C@@H](C)NC(=O)[C@@H](C)N(Cc1ccc(C)cc1)C(=O)CN(c1ccccc1)S(=O)(=O)c1ccc(OC)c(OC)c1. The molecule has 0 fully saturated rings. The number of carbonyl (C=O) groups is 2. The number of nitrogens with zero attached hydrogens (tertiary/aromatic N) is 2. The van der Waals surface area contributed by atoms with Crippen molar-refractivity contribution in [1.82, 2.24) is 10.2 Å². The van der Waals surface area contributed by atoms with Crippen LogP contribution < -0.4 is 19.1 Å². The van der Waals surface area contributed by atoms with E-state index in [-0.39, 0.29) is 29.1 Å². The van der Waals surface area contributed by atoms with E-state index in [1.165, 1.54) is 37.3 Å². The molecule has 41 heavy (non-hydrogen) atoms. The quantitative estimate of drug-likeness (QED) is 0.318. The monoisotopic (exact) mass is 581 g/mol. The zero-order valence-electron chi connectivity index (χ0n) is 24.5. The van der Waals surface area contributed by atoms with Gasteiger partial charge in [-0.1, -0.05) is 55.0 Å². The molecule has 0 radical (unpaired) electrons. The number of hydrogen-bond acceptors (Lipinski definition) is 6. The number of anilines is 1. The minimum absolute atomic E-state index is 0.0700. The molecule has 3 aromatic carbocycles. The molecular weight excluding hydrogens is 542 g/mol. The van der Waals surface area contributed by atoms with E-state index in [9.17, 15) is 18.0 Å². The maximum atomic E-state index is 14.0. The molecule has 9 nitrogen and oxygen atoms in total. The van der Waals surface area contributed by atoms with Crippen molar-refractivity contribution in [3.05, 3.63) is 83.9 Å². The van der Waals surface area contributed by atoms with E-state index in [0.717, 1.165) is 21.9 Å². The van der Waals surface area contributed by atoms with Crippen LogP contribution in [-0.4, -0.2) is 58.0 Å². The third-order valence-electron chi connectivity index (χ3n) is 6.91. The lowest BCUT2D eigenvalue weighted by molar-refractivity contribution is -0.139. The lowest BCUT2D eigenvalue weighted by Crippen LogP contribution is -2.52. The Morgan fingerprint density at radius 1 is 0.902 bits per heavy atom. The first-order valence-corrected chi connectivity index (χ1v) is 14.9. The number of para-hydroxylation sites is 1. The topological polar surface area (TPSA) is 105 Å². The summed E-state index contributed by atoms with van der Waals surface area (Å²) in [6.07, 6.45) is 0.732. The molecule has 0 bridgehead atoms. The number of carbonyl (C=O) groups excluding carboxylic acids is 2. The number of aryl methyl sites for hydroxylation is 1. The largest absolute Gasteiger partial charge is 0.493 e. The maximum Gasteiger partial charge on any atom is 0.264 e. The Labute approximate surface area is 243 Å². The molecule has 0 saturated heterocycles. The normalized spacial score (nSPS) is 12.6. The van der Waals surface area contributed by atoms with Crippen molar-refractivity contribution in [2.75, 3.05) is 25.1 Å². The smallest absolute Gasteiger partial charge is 0.264 e. The first-order valence-electron chi connectivity index (χ1n) is 13.5. The van der Waals surface area contributed by atoms with Crippen molar-refractivity contribution in [3.8, 4) is 11.5 Å². The van der Waals surface area contributed by atoms with Gasteiger partial charge in [-0.3, -0.25) is 13.9 Å². The summed E-state index contributed by atoms with van der Waals surface area (Å²) in [5, 5.41) is 2.93. The lowest BCUT2D eigenvalue weighted by atomic mass is 10.1. The van der Waals surface area contributed by atoms with Gasteiger partial charge in [-0.2, -0.15) is 0 Å². The minimum atomic E-state index is -4.24. The summed E-state index contributed by atoms with van der Waals surface area (Å²) in [6.45, 7) is 7.08. The van der Waals surface area contributed by atoms with Gasteiger partial charge in [-0.25, -0.2) is 8.42 Å². The maximum absolute atomic E-state index is 14.0. The molecular formula is C31H39N3O6S. The van der Waals surface area contributed by atoms with E-state index in [1.807, 2.05) is 45.0 Å². The van der Waals surface area contributed by atoms with Gasteiger partial charge in [0, 0.05) is 18.7 Å². The number of ether oxygens (including phenoxy) is 2. The standard InChI is InChI=1S/C31H39N3O6S/c1-7-23(3)32-31(36)24(4)33(20-25-15-13-22(2)14-16-25)30(35)21-34(26-11-9-8-10-12-26)41(37,38)27-17-18-28(39-5)29(19-27)40-6/h8-19,23-24H,7,20-21H2,1-6H3,(H,32,36)/t23-,24-/m1/s1. The predicted octanol–water partition coefficient (Wildman–Crippen LogP) is 4.54. The molecule has 220 valence electrons. The summed E-state index contributed by atoms with van der Waals surface area (Å²) in [4.78, 5) is 28.5. The molecule has 2 amide bonds. The number of nitrogens with one attached hydrogen (secondary N) is 1. The van der Waals surface area contributed by atoms with E-state index in [2.05, 4.69) is 5.32 Å². The molecule has 0 aliphatic rings. The molecule has 2 atom stereocenters. The van der Waals surface area contributed by atoms with Crippen molar-refractivity contribution in [2.24, 2.45) is 0 Å². The van der Waals surface area contributed by atoms with Gasteiger partial charge in [0.1, 0.15) is 12.6 Å². The van der Waals surface area contributed by atoms with Crippen LogP contribution >= 0.6 is 0 Å². The fraction of sp³-hybridized carbons (Fsp3) is 0.355. The fourth-order valence-electron chi connectivity index (χ4n) is 4.17. The van der Waals surface area contributed by atoms with Crippen molar-refractivity contribution in [3.63, 3.8) is 0 Å². The molecule has 3 aromatic rings. The zero-order chi connectivity index (χ0) is 30.2. The van der Waals surface area contributed by atoms with Crippen LogP contribution in [0.5, 0.6) is 11.5 Å². The third-order valence-corrected chi connectivity index (χ3v) is 8.68. The summed E-state index contributed by atoms with van der Waals surface area (Å²) < 4.78 is 39.7. The van der Waals surface area contributed by atoms with Gasteiger partial charge in [0.05, 0.1) is 24.8 Å². The van der Waals surface area contributed by atoms with Gasteiger partial charge in [0.25, 0.3) is 10.0 Å². The van der Waals surface area contributed by atoms with E-state index in [0.29, 0.717) is 11.4 Å². The molecule has 0 spiro atoms. The highest BCUT2D eigenvalue weighted by Crippen LogP contribution is 2.32. The van der Waals surface area contributed by atoms with Crippen LogP contribution in [0.25, 0.3) is 0 Å². The van der Waals surface area contributed by atoms with E-state index < -0.39 is 28.5 Å². The first-order chi connectivity index (χ1) is 19.5. The molecule has 1 N–H and O–H groups in total. The summed E-state index contributed by atoms with van der Waals surface area (Å²) in [6, 6.07) is 19.4. The lowest BCUT2D eigenvalue weighted by Gasteiger charge is -2.32. The molecule has 0 aliphatic carbocycles. The van der Waals surface area contributed by atoms with Crippen molar-refractivity contribution in [2.45, 2.75) is 57.6 Å². The van der Waals surface area contributed by atoms with Gasteiger partial charge < -0.3 is 19.7 Å². The van der Waals surface area contributed by atoms with Crippen LogP contribution in [0.2, 0.25) is 0 Å². The second kappa shape index (κ2) is 14.0. The summed E-state index contributed by atoms with van der Waals surface area (Å²) >= 11 is 0. The molecule has 0 unspecified atom stereocenters. The van der Waals surface area contributed by atoms with Crippen LogP contribution in [0.3, 0.4) is 0 Å². The third kappa shape index (κ3) is 7.79. The highest BCUT2D eigenvalue weighted by Gasteiger charge is 2.33. The summed E-state index contributed by atoms with van der Waals surface area (Å²) in [5.74, 6) is -0.220. The van der Waals surface area contributed by atoms with E-state index in [4.69, 9.17) is 9.47 Å². The van der Waals surface area contributed by atoms with Crippen LogP contribution in [0.4, 0.5) is 5.69 Å². The number of hydrogen-bond donors (Lipinski definition) is 1. The van der Waals surface area contributed by atoms with Crippen molar-refractivity contribution >= 4 is 27.5 Å². The van der Waals surface area contributed by atoms with Gasteiger partial charge in [-0.05, 0) is 57.0 Å². The average molecular weight is 582 g/mol. The number of amides is 2. The van der Waals surface area contributed by atoms with E-state index >= 15 is 0 Å². The zero-order valence-corrected chi connectivity index (χ0v) is 25.3. The Morgan fingerprint density at radius 3 is 2.12 bits per heavy atom. The molecule has 0 aromatic heterocycles. The highest BCUT2D eigenvalue weighted by atomic mass is 32.2. The Hall–Kier alpha value is -4.05. The number of methoxy groups -OCH3 is 2. The van der Waals surface area contributed by atoms with Gasteiger partial charge in [-0.15, -0.1) is 0 Å². The van der Waals surface area contributed by atoms with Crippen LogP contribution in [0.15, 0.2) is 77.7 Å². The number of sulfonamides is 1. The average Bonchev–Trinajstić information content (AvgIpc) is 2.98. The van der Waals surface area contributed by atoms with Gasteiger partial charge in [0.15, 0.2) is 11.5 Å². The van der Waals surface area contributed by atoms with Gasteiger partial charge >= 0.3 is 0 Å². The number of benzene rings is 3. The Balaban J connectivity index is 2.03. The van der Waals surface area contributed by atoms with Crippen LogP contribution in [0, 0.1) is 6.92 Å². The second-order valence-electron chi connectivity index (χ2n) is 9.87. The van der Waals surface area contributed by atoms with Gasteiger partial charge in [0.2, 0.25) is 11.8 Å². The second-order valence-corrected chi connectivity index (χ2v) is 11.7. The molecule has 3 rings (SSSR count). The number of rotatable bonds is 13. The molecule has 0 saturated carbocycles. The minimum Gasteiger partial charge on any atom is -0.493 e. The Kier molecular flexibility index (Phi) is 10.8. The molecule has 10 heteroatoms. The van der Waals surface area contributed by atoms with E-state index in [1.54, 1.807) is 37.3 Å². The van der Waals surface area contributed by atoms with Crippen LogP contribution in [0.1, 0.15) is 38.3 Å². The van der Waals surface area contributed by atoms with Crippen molar-refractivity contribution in [1.29, 1.82) is 0 Å². The van der Waals surface area contributed by atoms with Crippen LogP contribution in [-0.2, 0) is 26.2 Å². The predicted molar refractivity (Wildman–Crippen MR) is 160 cm³/mol. The molecule has 0 heterocycles. The highest BCUT2D eigenvalue weighted by molar-refractivity contribution is 7.92. The van der Waals surface area contributed by atoms with Crippen molar-refractivity contribution < 1.29 is 27.5 Å². The summed E-state index contributed by atoms with van der Waals surface area (Å²) in [7, 11) is -1.36. The Bertz CT molecular complexity index is 1430. The summed E-state index contributed by atoms with van der Waals surface area (Å²) in [5.41, 5.74) is 2.19. The molecule has 0 aliphatic heterocycles. The fourth-order valence-corrected chi connectivity index (χ4v) is 5.60.